The maximum atomic E-state index is 13.0. The summed E-state index contributed by atoms with van der Waals surface area (Å²) in [5, 5.41) is 24.1. The summed E-state index contributed by atoms with van der Waals surface area (Å²) in [6.07, 6.45) is 1.36. The second-order valence-electron chi connectivity index (χ2n) is 11.8. The van der Waals surface area contributed by atoms with E-state index in [1.54, 1.807) is 12.1 Å². The van der Waals surface area contributed by atoms with Crippen LogP contribution in [-0.2, 0) is 9.59 Å². The molecule has 0 atom stereocenters. The molecular formula is C38H47N7O4. The second kappa shape index (κ2) is 18.9. The zero-order chi connectivity index (χ0) is 35.0. The van der Waals surface area contributed by atoms with Crippen LogP contribution in [0.5, 0.6) is 0 Å². The van der Waals surface area contributed by atoms with Gasteiger partial charge in [-0.3, -0.25) is 19.7 Å². The van der Waals surface area contributed by atoms with Crippen molar-refractivity contribution in [1.29, 1.82) is 0 Å². The third-order valence-electron chi connectivity index (χ3n) is 8.25. The van der Waals surface area contributed by atoms with Gasteiger partial charge in [0, 0.05) is 60.4 Å². The fourth-order valence-corrected chi connectivity index (χ4v) is 5.46. The predicted molar refractivity (Wildman–Crippen MR) is 199 cm³/mol. The van der Waals surface area contributed by atoms with E-state index in [9.17, 15) is 19.7 Å². The number of carbonyl (C=O) groups excluding carboxylic acids is 2. The number of nitro benzene ring substituents is 1. The average Bonchev–Trinajstić information content (AvgIpc) is 3.10. The fraction of sp³-hybridized carbons (Fsp3) is 0.316. The minimum atomic E-state index is -0.471. The van der Waals surface area contributed by atoms with Gasteiger partial charge in [0.2, 0.25) is 11.8 Å². The molecule has 0 bridgehead atoms. The number of amides is 2. The number of aryl methyl sites for hydroxylation is 1. The first-order valence-corrected chi connectivity index (χ1v) is 16.8. The molecule has 0 unspecified atom stereocenters. The molecular weight excluding hydrogens is 618 g/mol. The third-order valence-corrected chi connectivity index (χ3v) is 8.25. The van der Waals surface area contributed by atoms with Crippen LogP contribution in [0.4, 0.5) is 39.8 Å². The van der Waals surface area contributed by atoms with Crippen LogP contribution in [0, 0.1) is 17.0 Å². The number of rotatable bonds is 19. The van der Waals surface area contributed by atoms with Gasteiger partial charge in [-0.1, -0.05) is 50.2 Å². The summed E-state index contributed by atoms with van der Waals surface area (Å²) in [4.78, 5) is 41.8. The molecule has 0 radical (unpaired) electrons. The van der Waals surface area contributed by atoms with E-state index in [4.69, 9.17) is 0 Å². The van der Waals surface area contributed by atoms with E-state index in [0.717, 1.165) is 60.9 Å². The molecule has 0 spiro atoms. The monoisotopic (exact) mass is 665 g/mol. The van der Waals surface area contributed by atoms with Crippen LogP contribution < -0.4 is 21.3 Å². The Balaban J connectivity index is 1.32. The Kier molecular flexibility index (Phi) is 14.1. The Morgan fingerprint density at radius 1 is 0.633 bits per heavy atom. The molecule has 0 saturated carbocycles. The molecule has 11 nitrogen and oxygen atoms in total. The van der Waals surface area contributed by atoms with Crippen molar-refractivity contribution in [2.75, 3.05) is 60.5 Å². The number of para-hydroxylation sites is 2. The first-order chi connectivity index (χ1) is 23.7. The van der Waals surface area contributed by atoms with Gasteiger partial charge in [-0.05, 0) is 99.7 Å². The van der Waals surface area contributed by atoms with Crippen molar-refractivity contribution in [2.45, 2.75) is 40.0 Å². The topological polar surface area (TPSA) is 132 Å². The van der Waals surface area contributed by atoms with Crippen LogP contribution >= 0.6 is 0 Å². The summed E-state index contributed by atoms with van der Waals surface area (Å²) in [5.41, 5.74) is 4.98. The number of nitrogens with one attached hydrogen (secondary N) is 4. The van der Waals surface area contributed by atoms with Crippen molar-refractivity contribution in [3.05, 3.63) is 113 Å². The molecule has 0 aromatic heterocycles. The molecule has 0 aliphatic heterocycles. The van der Waals surface area contributed by atoms with Gasteiger partial charge in [-0.15, -0.1) is 0 Å². The number of hydrogen-bond donors (Lipinski definition) is 4. The van der Waals surface area contributed by atoms with E-state index in [0.29, 0.717) is 24.5 Å². The van der Waals surface area contributed by atoms with Gasteiger partial charge in [0.1, 0.15) is 5.69 Å². The lowest BCUT2D eigenvalue weighted by atomic mass is 10.1. The normalized spacial score (nSPS) is 11.0. The molecule has 2 amide bonds. The largest absolute Gasteiger partial charge is 0.355 e. The number of anilines is 6. The zero-order valence-electron chi connectivity index (χ0n) is 28.6. The summed E-state index contributed by atoms with van der Waals surface area (Å²) in [6.45, 7) is 10.8. The van der Waals surface area contributed by atoms with E-state index in [1.807, 2.05) is 85.8 Å². The van der Waals surface area contributed by atoms with Crippen molar-refractivity contribution >= 4 is 51.6 Å². The number of nitrogens with zero attached hydrogens (tertiary/aromatic N) is 3. The van der Waals surface area contributed by atoms with Crippen molar-refractivity contribution in [1.82, 2.24) is 9.80 Å². The molecule has 4 aromatic carbocycles. The second-order valence-corrected chi connectivity index (χ2v) is 11.8. The molecule has 0 saturated heterocycles. The van der Waals surface area contributed by atoms with Gasteiger partial charge in [0.15, 0.2) is 0 Å². The van der Waals surface area contributed by atoms with Gasteiger partial charge in [0.25, 0.3) is 5.69 Å². The molecule has 258 valence electrons. The minimum absolute atomic E-state index is 0.0992. The van der Waals surface area contributed by atoms with Crippen molar-refractivity contribution in [3.63, 3.8) is 0 Å². The zero-order valence-corrected chi connectivity index (χ0v) is 28.6. The molecule has 0 fully saturated rings. The molecule has 0 aliphatic carbocycles. The lowest BCUT2D eigenvalue weighted by Crippen LogP contribution is -2.34. The van der Waals surface area contributed by atoms with Gasteiger partial charge >= 0.3 is 0 Å². The van der Waals surface area contributed by atoms with Crippen molar-refractivity contribution in [3.8, 4) is 0 Å². The summed E-state index contributed by atoms with van der Waals surface area (Å²) >= 11 is 0. The Bertz CT molecular complexity index is 1660. The van der Waals surface area contributed by atoms with Crippen LogP contribution in [0.2, 0.25) is 0 Å². The van der Waals surface area contributed by atoms with Crippen LogP contribution in [0.3, 0.4) is 0 Å². The summed E-state index contributed by atoms with van der Waals surface area (Å²) in [6, 6.07) is 29.5. The summed E-state index contributed by atoms with van der Waals surface area (Å²) in [5.74, 6) is -0.353. The SMILES string of the molecule is CCN(CC)CCCN(CCC(=O)Nc1ccc(Nc2ccccc2)c(C)c1)CCC(=O)Nc1ccc(Nc2ccccc2)c([N+](=O)[O-])c1. The molecule has 0 heterocycles. The van der Waals surface area contributed by atoms with Crippen molar-refractivity contribution in [2.24, 2.45) is 0 Å². The van der Waals surface area contributed by atoms with E-state index in [1.165, 1.54) is 6.07 Å². The molecule has 49 heavy (non-hydrogen) atoms. The molecule has 4 rings (SSSR count). The van der Waals surface area contributed by atoms with Crippen LogP contribution in [-0.4, -0.2) is 65.8 Å². The highest BCUT2D eigenvalue weighted by Crippen LogP contribution is 2.30. The van der Waals surface area contributed by atoms with Gasteiger partial charge in [-0.25, -0.2) is 0 Å². The highest BCUT2D eigenvalue weighted by molar-refractivity contribution is 5.92. The van der Waals surface area contributed by atoms with Gasteiger partial charge in [0.05, 0.1) is 4.92 Å². The smallest absolute Gasteiger partial charge is 0.294 e. The fourth-order valence-electron chi connectivity index (χ4n) is 5.46. The lowest BCUT2D eigenvalue weighted by Gasteiger charge is -2.24. The predicted octanol–water partition coefficient (Wildman–Crippen LogP) is 7.78. The number of nitro groups is 1. The van der Waals surface area contributed by atoms with Crippen LogP contribution in [0.1, 0.15) is 38.7 Å². The van der Waals surface area contributed by atoms with Gasteiger partial charge < -0.3 is 31.1 Å². The highest BCUT2D eigenvalue weighted by Gasteiger charge is 2.17. The Labute approximate surface area is 288 Å². The lowest BCUT2D eigenvalue weighted by molar-refractivity contribution is -0.383. The highest BCUT2D eigenvalue weighted by atomic mass is 16.6. The van der Waals surface area contributed by atoms with E-state index >= 15 is 0 Å². The maximum absolute atomic E-state index is 13.0. The molecule has 0 aliphatic rings. The van der Waals surface area contributed by atoms with E-state index < -0.39 is 4.92 Å². The summed E-state index contributed by atoms with van der Waals surface area (Å²) < 4.78 is 0. The molecule has 4 aromatic rings. The van der Waals surface area contributed by atoms with Crippen molar-refractivity contribution < 1.29 is 14.5 Å². The minimum Gasteiger partial charge on any atom is -0.355 e. The standard InChI is InChI=1S/C38H47N7O4/c1-4-43(5-2)23-12-24-44(25-21-37(46)41-32-17-19-34(29(3)27-32)39-30-13-8-6-9-14-30)26-22-38(47)42-33-18-20-35(36(28-33)45(48)49)40-31-15-10-7-11-16-31/h6-11,13-20,27-28,39-40H,4-5,12,21-26H2,1-3H3,(H,41,46)(H,42,47). The van der Waals surface area contributed by atoms with Crippen LogP contribution in [0.25, 0.3) is 0 Å². The number of benzene rings is 4. The third kappa shape index (κ3) is 12.0. The number of hydrogen-bond acceptors (Lipinski definition) is 8. The van der Waals surface area contributed by atoms with E-state index in [2.05, 4.69) is 44.9 Å². The first kappa shape index (κ1) is 36.6. The number of carbonyl (C=O) groups is 2. The Morgan fingerprint density at radius 2 is 1.12 bits per heavy atom. The molecule has 4 N–H and O–H groups in total. The van der Waals surface area contributed by atoms with E-state index in [-0.39, 0.29) is 30.3 Å². The first-order valence-electron chi connectivity index (χ1n) is 16.8. The Hall–Kier alpha value is -5.26. The summed E-state index contributed by atoms with van der Waals surface area (Å²) in [7, 11) is 0. The average molecular weight is 666 g/mol. The van der Waals surface area contributed by atoms with Gasteiger partial charge in [-0.2, -0.15) is 0 Å². The Morgan fingerprint density at radius 3 is 1.63 bits per heavy atom. The maximum Gasteiger partial charge on any atom is 0.294 e. The molecule has 11 heteroatoms. The van der Waals surface area contributed by atoms with Crippen LogP contribution in [0.15, 0.2) is 97.1 Å². The quantitative estimate of drug-likeness (QED) is 0.0590.